The Morgan fingerprint density at radius 1 is 0.920 bits per heavy atom. The van der Waals surface area contributed by atoms with Gasteiger partial charge in [-0.25, -0.2) is 0 Å². The summed E-state index contributed by atoms with van der Waals surface area (Å²) in [7, 11) is 0. The lowest BCUT2D eigenvalue weighted by Crippen LogP contribution is -2.17. The molecule has 25 heavy (non-hydrogen) atoms. The predicted octanol–water partition coefficient (Wildman–Crippen LogP) is 4.74. The molecule has 0 radical (unpaired) electrons. The van der Waals surface area contributed by atoms with E-state index in [0.29, 0.717) is 17.8 Å². The number of nitrogen functional groups attached to an aromatic ring is 1. The van der Waals surface area contributed by atoms with Gasteiger partial charge in [0.25, 0.3) is 0 Å². The molecule has 126 valence electrons. The smallest absolute Gasteiger partial charge is 0.225 e. The topological polar surface area (TPSA) is 55.1 Å². The van der Waals surface area contributed by atoms with Crippen LogP contribution in [0.25, 0.3) is 0 Å². The van der Waals surface area contributed by atoms with Crippen LogP contribution in [0.15, 0.2) is 78.9 Å². The molecule has 0 saturated carbocycles. The molecule has 0 atom stereocenters. The van der Waals surface area contributed by atoms with Crippen molar-refractivity contribution in [1.82, 2.24) is 0 Å². The fraction of sp³-hybridized carbons (Fsp3) is 0.136. The van der Waals surface area contributed by atoms with Crippen molar-refractivity contribution in [3.8, 4) is 0 Å². The van der Waals surface area contributed by atoms with Crippen LogP contribution in [-0.2, 0) is 4.79 Å². The van der Waals surface area contributed by atoms with Crippen molar-refractivity contribution in [2.24, 2.45) is 0 Å². The Kier molecular flexibility index (Phi) is 5.14. The van der Waals surface area contributed by atoms with Crippen molar-refractivity contribution in [3.05, 3.63) is 95.6 Å². The van der Waals surface area contributed by atoms with E-state index in [1.165, 1.54) is 0 Å². The van der Waals surface area contributed by atoms with Crippen molar-refractivity contribution in [2.45, 2.75) is 19.3 Å². The number of carbonyl (C=O) groups excluding carboxylic acids is 1. The van der Waals surface area contributed by atoms with Gasteiger partial charge in [0.15, 0.2) is 0 Å². The molecule has 0 aliphatic heterocycles. The van der Waals surface area contributed by atoms with E-state index in [4.69, 9.17) is 5.73 Å². The van der Waals surface area contributed by atoms with Crippen LogP contribution in [0, 0.1) is 6.92 Å². The van der Waals surface area contributed by atoms with E-state index in [2.05, 4.69) is 29.6 Å². The SMILES string of the molecule is Cc1ccc(NC(=O)CC(c2ccccc2)c2ccccc2)c(N)c1. The summed E-state index contributed by atoms with van der Waals surface area (Å²) in [4.78, 5) is 12.6. The zero-order valence-electron chi connectivity index (χ0n) is 14.3. The highest BCUT2D eigenvalue weighted by Crippen LogP contribution is 2.29. The van der Waals surface area contributed by atoms with Crippen LogP contribution in [0.5, 0.6) is 0 Å². The van der Waals surface area contributed by atoms with Crippen LogP contribution in [0.1, 0.15) is 29.0 Å². The maximum atomic E-state index is 12.6. The van der Waals surface area contributed by atoms with Gasteiger partial charge in [-0.3, -0.25) is 4.79 Å². The van der Waals surface area contributed by atoms with Crippen molar-refractivity contribution in [3.63, 3.8) is 0 Å². The first-order valence-electron chi connectivity index (χ1n) is 8.39. The lowest BCUT2D eigenvalue weighted by molar-refractivity contribution is -0.116. The van der Waals surface area contributed by atoms with Crippen LogP contribution in [-0.4, -0.2) is 5.91 Å². The van der Waals surface area contributed by atoms with Crippen LogP contribution in [0.4, 0.5) is 11.4 Å². The van der Waals surface area contributed by atoms with Gasteiger partial charge in [0.05, 0.1) is 11.4 Å². The second kappa shape index (κ2) is 7.67. The second-order valence-corrected chi connectivity index (χ2v) is 6.22. The normalized spacial score (nSPS) is 10.6. The minimum atomic E-state index is -0.0479. The van der Waals surface area contributed by atoms with E-state index in [9.17, 15) is 4.79 Å². The van der Waals surface area contributed by atoms with Gasteiger partial charge in [0.2, 0.25) is 5.91 Å². The third-order valence-corrected chi connectivity index (χ3v) is 4.27. The fourth-order valence-corrected chi connectivity index (χ4v) is 2.98. The van der Waals surface area contributed by atoms with Crippen LogP contribution < -0.4 is 11.1 Å². The minimum Gasteiger partial charge on any atom is -0.397 e. The van der Waals surface area contributed by atoms with E-state index in [1.54, 1.807) is 0 Å². The highest BCUT2D eigenvalue weighted by molar-refractivity contribution is 5.94. The molecule has 0 bridgehead atoms. The van der Waals surface area contributed by atoms with E-state index in [0.717, 1.165) is 16.7 Å². The zero-order chi connectivity index (χ0) is 17.6. The first-order valence-corrected chi connectivity index (χ1v) is 8.39. The summed E-state index contributed by atoms with van der Waals surface area (Å²) >= 11 is 0. The molecule has 0 aromatic heterocycles. The Morgan fingerprint density at radius 2 is 1.48 bits per heavy atom. The zero-order valence-corrected chi connectivity index (χ0v) is 14.3. The van der Waals surface area contributed by atoms with Crippen molar-refractivity contribution in [2.75, 3.05) is 11.1 Å². The van der Waals surface area contributed by atoms with E-state index >= 15 is 0 Å². The second-order valence-electron chi connectivity index (χ2n) is 6.22. The monoisotopic (exact) mass is 330 g/mol. The lowest BCUT2D eigenvalue weighted by atomic mass is 9.88. The molecule has 0 heterocycles. The number of hydrogen-bond donors (Lipinski definition) is 2. The van der Waals surface area contributed by atoms with Gasteiger partial charge in [-0.2, -0.15) is 0 Å². The number of aryl methyl sites for hydroxylation is 1. The Bertz CT molecular complexity index is 805. The molecule has 3 nitrogen and oxygen atoms in total. The molecular formula is C22H22N2O. The molecular weight excluding hydrogens is 308 g/mol. The Morgan fingerprint density at radius 3 is 2.00 bits per heavy atom. The molecule has 3 N–H and O–H groups in total. The van der Waals surface area contributed by atoms with Gasteiger partial charge in [0, 0.05) is 12.3 Å². The van der Waals surface area contributed by atoms with Gasteiger partial charge in [-0.05, 0) is 35.7 Å². The molecule has 0 unspecified atom stereocenters. The predicted molar refractivity (Wildman–Crippen MR) is 104 cm³/mol. The highest BCUT2D eigenvalue weighted by atomic mass is 16.1. The summed E-state index contributed by atoms with van der Waals surface area (Å²) in [6, 6.07) is 25.9. The first-order chi connectivity index (χ1) is 12.1. The molecule has 0 aliphatic rings. The third-order valence-electron chi connectivity index (χ3n) is 4.27. The number of nitrogens with two attached hydrogens (primary N) is 1. The summed E-state index contributed by atoms with van der Waals surface area (Å²) in [6.45, 7) is 1.97. The van der Waals surface area contributed by atoms with Crippen molar-refractivity contribution >= 4 is 17.3 Å². The largest absolute Gasteiger partial charge is 0.397 e. The minimum absolute atomic E-state index is 0.00840. The average molecular weight is 330 g/mol. The number of amides is 1. The number of nitrogens with one attached hydrogen (secondary N) is 1. The summed E-state index contributed by atoms with van der Waals surface area (Å²) in [6.07, 6.45) is 0.362. The Balaban J connectivity index is 1.82. The molecule has 3 aromatic carbocycles. The van der Waals surface area contributed by atoms with E-state index in [1.807, 2.05) is 61.5 Å². The Labute approximate surface area is 148 Å². The van der Waals surface area contributed by atoms with Gasteiger partial charge in [0.1, 0.15) is 0 Å². The van der Waals surface area contributed by atoms with Gasteiger partial charge in [-0.15, -0.1) is 0 Å². The molecule has 0 aliphatic carbocycles. The van der Waals surface area contributed by atoms with E-state index < -0.39 is 0 Å². The summed E-state index contributed by atoms with van der Waals surface area (Å²) < 4.78 is 0. The van der Waals surface area contributed by atoms with Crippen molar-refractivity contribution < 1.29 is 4.79 Å². The molecule has 0 fully saturated rings. The standard InChI is InChI=1S/C22H22N2O/c1-16-12-13-21(20(23)14-16)24-22(25)15-19(17-8-4-2-5-9-17)18-10-6-3-7-11-18/h2-14,19H,15,23H2,1H3,(H,24,25). The quantitative estimate of drug-likeness (QED) is 0.664. The summed E-state index contributed by atoms with van der Waals surface area (Å²) in [5.41, 5.74) is 10.6. The van der Waals surface area contributed by atoms with Crippen LogP contribution in [0.2, 0.25) is 0 Å². The molecule has 0 spiro atoms. The molecule has 3 rings (SSSR count). The van der Waals surface area contributed by atoms with Gasteiger partial charge >= 0.3 is 0 Å². The Hall–Kier alpha value is -3.07. The third kappa shape index (κ3) is 4.27. The average Bonchev–Trinajstić information content (AvgIpc) is 2.63. The fourth-order valence-electron chi connectivity index (χ4n) is 2.98. The number of hydrogen-bond acceptors (Lipinski definition) is 2. The van der Waals surface area contributed by atoms with Crippen LogP contribution >= 0.6 is 0 Å². The summed E-state index contributed by atoms with van der Waals surface area (Å²) in [5, 5.41) is 2.94. The lowest BCUT2D eigenvalue weighted by Gasteiger charge is -2.18. The van der Waals surface area contributed by atoms with Crippen molar-refractivity contribution in [1.29, 1.82) is 0 Å². The number of carbonyl (C=O) groups is 1. The molecule has 3 aromatic rings. The molecule has 1 amide bonds. The number of anilines is 2. The van der Waals surface area contributed by atoms with Gasteiger partial charge in [-0.1, -0.05) is 66.7 Å². The first kappa shape index (κ1) is 16.8. The highest BCUT2D eigenvalue weighted by Gasteiger charge is 2.18. The number of rotatable bonds is 5. The van der Waals surface area contributed by atoms with Gasteiger partial charge < -0.3 is 11.1 Å². The maximum Gasteiger partial charge on any atom is 0.225 e. The summed E-state index contributed by atoms with van der Waals surface area (Å²) in [5.74, 6) is -0.0395. The number of benzene rings is 3. The molecule has 3 heteroatoms. The maximum absolute atomic E-state index is 12.6. The van der Waals surface area contributed by atoms with Crippen LogP contribution in [0.3, 0.4) is 0 Å². The molecule has 0 saturated heterocycles. The van der Waals surface area contributed by atoms with E-state index in [-0.39, 0.29) is 11.8 Å².